The van der Waals surface area contributed by atoms with Crippen molar-refractivity contribution in [3.8, 4) is 0 Å². The molecule has 0 saturated heterocycles. The minimum atomic E-state index is 0.606. The van der Waals surface area contributed by atoms with E-state index in [9.17, 15) is 0 Å². The van der Waals surface area contributed by atoms with Gasteiger partial charge in [0.2, 0.25) is 0 Å². The van der Waals surface area contributed by atoms with Crippen molar-refractivity contribution in [2.75, 3.05) is 0 Å². The number of unbranched alkanes of at least 4 members (excludes halogenated alkanes) is 3. The molecule has 1 heterocycles. The zero-order chi connectivity index (χ0) is 19.5. The van der Waals surface area contributed by atoms with E-state index in [1.165, 1.54) is 83.5 Å². The fourth-order valence-electron chi connectivity index (χ4n) is 6.45. The summed E-state index contributed by atoms with van der Waals surface area (Å²) in [6.45, 7) is 8.61. The van der Waals surface area contributed by atoms with Gasteiger partial charge < -0.3 is 0 Å². The molecular formula is C27H40N+. The molecule has 0 bridgehead atoms. The molecule has 0 aromatic rings. The van der Waals surface area contributed by atoms with Gasteiger partial charge in [-0.1, -0.05) is 57.1 Å². The summed E-state index contributed by atoms with van der Waals surface area (Å²) in [7, 11) is 0. The molecule has 0 aromatic heterocycles. The molecule has 152 valence electrons. The van der Waals surface area contributed by atoms with E-state index < -0.39 is 0 Å². The van der Waals surface area contributed by atoms with E-state index >= 15 is 0 Å². The van der Waals surface area contributed by atoms with Gasteiger partial charge in [-0.05, 0) is 68.4 Å². The second kappa shape index (κ2) is 9.00. The van der Waals surface area contributed by atoms with Crippen LogP contribution < -0.4 is 0 Å². The van der Waals surface area contributed by atoms with Crippen LogP contribution >= 0.6 is 0 Å². The largest absolute Gasteiger partial charge is 0.178 e. The molecule has 2 fully saturated rings. The highest BCUT2D eigenvalue weighted by Gasteiger charge is 2.49. The monoisotopic (exact) mass is 378 g/mol. The highest BCUT2D eigenvalue weighted by atomic mass is 15.0. The Hall–Kier alpha value is -1.33. The zero-order valence-electron chi connectivity index (χ0n) is 18.3. The van der Waals surface area contributed by atoms with E-state index in [2.05, 4.69) is 43.1 Å². The molecule has 1 heteroatoms. The predicted octanol–water partition coefficient (Wildman–Crippen LogP) is 7.34. The molecule has 3 aliphatic carbocycles. The summed E-state index contributed by atoms with van der Waals surface area (Å²) in [6, 6.07) is 0.606. The van der Waals surface area contributed by atoms with Crippen molar-refractivity contribution in [1.29, 1.82) is 0 Å². The van der Waals surface area contributed by atoms with Crippen molar-refractivity contribution < 1.29 is 4.58 Å². The molecule has 4 aliphatic rings. The van der Waals surface area contributed by atoms with E-state index in [0.717, 1.165) is 11.8 Å². The number of allylic oxidation sites excluding steroid dienone is 3. The first-order chi connectivity index (χ1) is 13.8. The molecular weight excluding hydrogens is 338 g/mol. The van der Waals surface area contributed by atoms with Gasteiger partial charge in [-0.25, -0.2) is 0 Å². The maximum absolute atomic E-state index is 3.99. The third-order valence-corrected chi connectivity index (χ3v) is 8.02. The highest BCUT2D eigenvalue weighted by molar-refractivity contribution is 5.48. The van der Waals surface area contributed by atoms with Crippen LogP contribution in [0.2, 0.25) is 0 Å². The van der Waals surface area contributed by atoms with Gasteiger partial charge in [0.15, 0.2) is 18.1 Å². The second-order valence-electron chi connectivity index (χ2n) is 9.70. The second-order valence-corrected chi connectivity index (χ2v) is 9.70. The average molecular weight is 379 g/mol. The van der Waals surface area contributed by atoms with E-state index in [1.807, 2.05) is 11.1 Å². The summed E-state index contributed by atoms with van der Waals surface area (Å²) in [4.78, 5) is 0. The summed E-state index contributed by atoms with van der Waals surface area (Å²) in [5, 5.41) is 0. The molecule has 2 saturated carbocycles. The van der Waals surface area contributed by atoms with Crippen molar-refractivity contribution in [3.05, 3.63) is 41.1 Å². The Balaban J connectivity index is 1.66. The lowest BCUT2D eigenvalue weighted by Gasteiger charge is -2.40. The summed E-state index contributed by atoms with van der Waals surface area (Å²) < 4.78 is 2.33. The fraction of sp³-hybridized carbons (Fsp3) is 0.704. The van der Waals surface area contributed by atoms with Crippen LogP contribution in [0.3, 0.4) is 0 Å². The third-order valence-electron chi connectivity index (χ3n) is 8.02. The van der Waals surface area contributed by atoms with Crippen molar-refractivity contribution in [3.63, 3.8) is 0 Å². The summed E-state index contributed by atoms with van der Waals surface area (Å²) >= 11 is 0. The van der Waals surface area contributed by atoms with Crippen LogP contribution in [0.5, 0.6) is 0 Å². The molecule has 3 unspecified atom stereocenters. The van der Waals surface area contributed by atoms with Crippen LogP contribution in [0.4, 0.5) is 0 Å². The number of rotatable bonds is 8. The van der Waals surface area contributed by atoms with Crippen molar-refractivity contribution in [2.45, 2.75) is 103 Å². The standard InChI is InChI=1S/C27H40N/c1-4-7-8-9-14-21(5-2)26-22(17-20-12-10-13-20)18-23-19-28(6-3)25-16-11-15-24(26)27(23)25/h5,19-20,22,25,27H,3-4,7-18H2,1-2H3/q+1. The summed E-state index contributed by atoms with van der Waals surface area (Å²) in [6.07, 6.45) is 22.8. The van der Waals surface area contributed by atoms with E-state index in [0.29, 0.717) is 12.0 Å². The van der Waals surface area contributed by atoms with Crippen LogP contribution in [0.1, 0.15) is 97.3 Å². The molecule has 3 atom stereocenters. The molecule has 1 aliphatic heterocycles. The number of nitrogens with zero attached hydrogens (tertiary/aromatic N) is 1. The van der Waals surface area contributed by atoms with E-state index in [-0.39, 0.29) is 0 Å². The number of hydrogen-bond acceptors (Lipinski definition) is 0. The molecule has 0 spiro atoms. The predicted molar refractivity (Wildman–Crippen MR) is 120 cm³/mol. The molecule has 0 N–H and O–H groups in total. The van der Waals surface area contributed by atoms with Gasteiger partial charge >= 0.3 is 0 Å². The van der Waals surface area contributed by atoms with E-state index in [4.69, 9.17) is 0 Å². The van der Waals surface area contributed by atoms with Crippen LogP contribution in [-0.2, 0) is 0 Å². The Kier molecular flexibility index (Phi) is 6.42. The Morgan fingerprint density at radius 3 is 2.75 bits per heavy atom. The average Bonchev–Trinajstić information content (AvgIpc) is 3.05. The lowest BCUT2D eigenvalue weighted by Crippen LogP contribution is -2.35. The highest BCUT2D eigenvalue weighted by Crippen LogP contribution is 2.53. The first-order valence-corrected chi connectivity index (χ1v) is 12.2. The SMILES string of the molecule is C=C=[N+]1C=C2CC(CC3CCC3)C(C(=CC)CCCCCC)=C3CCCC1C23. The molecule has 1 nitrogen and oxygen atoms in total. The minimum absolute atomic E-state index is 0.606. The first-order valence-electron chi connectivity index (χ1n) is 12.2. The van der Waals surface area contributed by atoms with Crippen molar-refractivity contribution >= 4 is 5.87 Å². The van der Waals surface area contributed by atoms with Crippen LogP contribution in [0.25, 0.3) is 0 Å². The number of hydrogen-bond donors (Lipinski definition) is 0. The Morgan fingerprint density at radius 1 is 1.21 bits per heavy atom. The minimum Gasteiger partial charge on any atom is -0.154 e. The van der Waals surface area contributed by atoms with Gasteiger partial charge in [-0.3, -0.25) is 0 Å². The third kappa shape index (κ3) is 3.76. The fourth-order valence-corrected chi connectivity index (χ4v) is 6.45. The Labute approximate surface area is 173 Å². The topological polar surface area (TPSA) is 3.01 Å². The maximum atomic E-state index is 3.99. The maximum Gasteiger partial charge on any atom is 0.178 e. The quantitative estimate of drug-likeness (QED) is 0.307. The van der Waals surface area contributed by atoms with Crippen LogP contribution in [-0.4, -0.2) is 16.5 Å². The molecule has 0 radical (unpaired) electrons. The Morgan fingerprint density at radius 2 is 2.07 bits per heavy atom. The van der Waals surface area contributed by atoms with Crippen molar-refractivity contribution in [1.82, 2.24) is 0 Å². The van der Waals surface area contributed by atoms with E-state index in [1.54, 1.807) is 11.1 Å². The van der Waals surface area contributed by atoms with Gasteiger partial charge in [0.1, 0.15) is 0 Å². The zero-order valence-corrected chi connectivity index (χ0v) is 18.3. The van der Waals surface area contributed by atoms with Gasteiger partial charge in [0, 0.05) is 18.6 Å². The Bertz CT molecular complexity index is 723. The lowest BCUT2D eigenvalue weighted by molar-refractivity contribution is -0.490. The molecule has 28 heavy (non-hydrogen) atoms. The lowest BCUT2D eigenvalue weighted by atomic mass is 9.63. The molecule has 4 rings (SSSR count). The van der Waals surface area contributed by atoms with Gasteiger partial charge in [-0.15, -0.1) is 0 Å². The summed E-state index contributed by atoms with van der Waals surface area (Å²) in [5.74, 6) is 5.65. The normalized spacial score (nSPS) is 30.1. The van der Waals surface area contributed by atoms with Gasteiger partial charge in [0.25, 0.3) is 0 Å². The smallest absolute Gasteiger partial charge is 0.154 e. The van der Waals surface area contributed by atoms with Crippen LogP contribution in [0.15, 0.2) is 41.1 Å². The van der Waals surface area contributed by atoms with Gasteiger partial charge in [0.05, 0.1) is 5.92 Å². The first kappa shape index (κ1) is 20.0. The van der Waals surface area contributed by atoms with Crippen molar-refractivity contribution in [2.24, 2.45) is 17.8 Å². The summed E-state index contributed by atoms with van der Waals surface area (Å²) in [5.41, 5.74) is 7.05. The van der Waals surface area contributed by atoms with Crippen LogP contribution in [0, 0.1) is 17.8 Å². The van der Waals surface area contributed by atoms with Gasteiger partial charge in [-0.2, -0.15) is 4.58 Å². The molecule has 0 amide bonds. The molecule has 0 aromatic carbocycles.